The Labute approximate surface area is 199 Å². The Kier molecular flexibility index (Phi) is 5.30. The van der Waals surface area contributed by atoms with Crippen molar-refractivity contribution >= 4 is 29.4 Å². The van der Waals surface area contributed by atoms with Crippen LogP contribution in [0, 0.1) is 23.6 Å². The summed E-state index contributed by atoms with van der Waals surface area (Å²) in [5.74, 6) is -7.06. The lowest BCUT2D eigenvalue weighted by Crippen LogP contribution is -2.40. The van der Waals surface area contributed by atoms with E-state index in [1.807, 2.05) is 0 Å². The Morgan fingerprint density at radius 2 is 1.89 bits per heavy atom. The number of rotatable bonds is 4. The number of aromatic hydroxyl groups is 1. The van der Waals surface area contributed by atoms with E-state index < -0.39 is 53.0 Å². The number of phenolic OH excluding ortho intramolecular Hbond substituents is 1. The van der Waals surface area contributed by atoms with E-state index in [2.05, 4.69) is 0 Å². The molecule has 0 saturated carbocycles. The Balaban J connectivity index is 1.63. The van der Waals surface area contributed by atoms with Gasteiger partial charge in [-0.2, -0.15) is 0 Å². The molecule has 4 atom stereocenters. The van der Waals surface area contributed by atoms with Gasteiger partial charge in [-0.15, -0.1) is 0 Å². The van der Waals surface area contributed by atoms with Crippen molar-refractivity contribution in [2.24, 2.45) is 17.8 Å². The first kappa shape index (κ1) is 22.9. The van der Waals surface area contributed by atoms with E-state index in [0.29, 0.717) is 11.1 Å². The number of Topliss-reactive ketones (excluding diaryl/α,β-unsaturated/α-hetero) is 1. The number of aliphatic carboxylic acids is 1. The lowest BCUT2D eigenvalue weighted by Gasteiger charge is -2.42. The largest absolute Gasteiger partial charge is 0.505 e. The number of amides is 2. The number of carbonyl (C=O) groups is 5. The molecule has 0 aromatic heterocycles. The number of imide groups is 1. The maximum absolute atomic E-state index is 14.4. The topological polar surface area (TPSA) is 129 Å². The summed E-state index contributed by atoms with van der Waals surface area (Å²) in [6.07, 6.45) is 2.97. The van der Waals surface area contributed by atoms with Gasteiger partial charge in [-0.1, -0.05) is 17.7 Å². The molecule has 4 aliphatic rings. The third-order valence-corrected chi connectivity index (χ3v) is 7.51. The van der Waals surface area contributed by atoms with E-state index in [4.69, 9.17) is 5.11 Å². The molecule has 1 aromatic rings. The fourth-order valence-corrected chi connectivity index (χ4v) is 5.94. The number of benzene rings is 1. The highest BCUT2D eigenvalue weighted by molar-refractivity contribution is 6.23. The van der Waals surface area contributed by atoms with Gasteiger partial charge in [0.2, 0.25) is 11.8 Å². The van der Waals surface area contributed by atoms with Crippen molar-refractivity contribution in [3.05, 3.63) is 64.0 Å². The lowest BCUT2D eigenvalue weighted by atomic mass is 9.59. The van der Waals surface area contributed by atoms with Crippen LogP contribution in [0.1, 0.15) is 37.7 Å². The highest BCUT2D eigenvalue weighted by Gasteiger charge is 2.56. The number of hydrogen-bond donors (Lipinski definition) is 2. The van der Waals surface area contributed by atoms with Crippen LogP contribution in [0.4, 0.5) is 4.39 Å². The maximum Gasteiger partial charge on any atom is 0.305 e. The first-order chi connectivity index (χ1) is 16.6. The van der Waals surface area contributed by atoms with Crippen molar-refractivity contribution in [1.29, 1.82) is 0 Å². The molecule has 3 aliphatic carbocycles. The van der Waals surface area contributed by atoms with Crippen molar-refractivity contribution in [3.8, 4) is 5.75 Å². The second-order valence-electron chi connectivity index (χ2n) is 9.41. The van der Waals surface area contributed by atoms with Crippen LogP contribution >= 0.6 is 0 Å². The molecule has 1 saturated heterocycles. The molecule has 8 nitrogen and oxygen atoms in total. The number of hydrogen-bond acceptors (Lipinski definition) is 6. The predicted molar refractivity (Wildman–Crippen MR) is 118 cm³/mol. The van der Waals surface area contributed by atoms with E-state index in [-0.39, 0.29) is 54.1 Å². The van der Waals surface area contributed by atoms with E-state index in [1.54, 1.807) is 6.08 Å². The molecule has 4 unspecified atom stereocenters. The van der Waals surface area contributed by atoms with Gasteiger partial charge in [-0.25, -0.2) is 4.39 Å². The smallest absolute Gasteiger partial charge is 0.305 e. The summed E-state index contributed by atoms with van der Waals surface area (Å²) in [6, 6.07) is 3.78. The third-order valence-electron chi connectivity index (χ3n) is 7.51. The number of carboxylic acids is 1. The minimum atomic E-state index is -1.13. The van der Waals surface area contributed by atoms with E-state index in [0.717, 1.165) is 11.0 Å². The van der Waals surface area contributed by atoms with Gasteiger partial charge in [-0.05, 0) is 49.5 Å². The van der Waals surface area contributed by atoms with Crippen LogP contribution in [0.15, 0.2) is 52.6 Å². The van der Waals surface area contributed by atoms with Crippen LogP contribution in [0.2, 0.25) is 0 Å². The lowest BCUT2D eigenvalue weighted by molar-refractivity contribution is -0.142. The molecule has 0 radical (unpaired) electrons. The number of ketones is 2. The number of allylic oxidation sites excluding steroid dienone is 6. The summed E-state index contributed by atoms with van der Waals surface area (Å²) in [7, 11) is 0. The number of carboxylic acid groups (broad SMARTS) is 1. The van der Waals surface area contributed by atoms with Crippen LogP contribution in [-0.2, 0) is 24.0 Å². The molecule has 2 amide bonds. The van der Waals surface area contributed by atoms with E-state index >= 15 is 0 Å². The molecule has 1 aliphatic heterocycles. The Morgan fingerprint density at radius 3 is 2.57 bits per heavy atom. The first-order valence-corrected chi connectivity index (χ1v) is 11.4. The Bertz CT molecular complexity index is 1320. The van der Waals surface area contributed by atoms with Crippen molar-refractivity contribution in [2.45, 2.75) is 32.1 Å². The fraction of sp³-hybridized carbons (Fsp3) is 0.346. The number of phenols is 1. The van der Waals surface area contributed by atoms with Crippen molar-refractivity contribution in [3.63, 3.8) is 0 Å². The SMILES string of the molecule is CC1=CC(=O)C2=C(C1=O)C(c1ccc(O)c(F)c1)C1=CCC3C(=O)N(CCC(=O)O)C(=O)C3C1C2. The van der Waals surface area contributed by atoms with Crippen LogP contribution in [0.3, 0.4) is 0 Å². The molecule has 1 heterocycles. The summed E-state index contributed by atoms with van der Waals surface area (Å²) >= 11 is 0. The van der Waals surface area contributed by atoms with Gasteiger partial charge in [0.1, 0.15) is 0 Å². The number of halogens is 1. The standard InChI is InChI=1S/C26H22FNO7/c1-11-8-19(30)16-10-15-13(21(23(16)24(11)33)12-2-5-18(29)17(27)9-12)3-4-14-22(15)26(35)28(25(14)34)7-6-20(31)32/h2-3,5,8-9,14-15,21-22,29H,4,6-7,10H2,1H3,(H,31,32). The van der Waals surface area contributed by atoms with Crippen LogP contribution in [-0.4, -0.2) is 51.0 Å². The summed E-state index contributed by atoms with van der Waals surface area (Å²) in [5, 5.41) is 18.7. The highest BCUT2D eigenvalue weighted by Crippen LogP contribution is 2.55. The highest BCUT2D eigenvalue weighted by atomic mass is 19.1. The van der Waals surface area contributed by atoms with Gasteiger partial charge in [0.05, 0.1) is 18.3 Å². The fourth-order valence-electron chi connectivity index (χ4n) is 5.94. The van der Waals surface area contributed by atoms with Crippen molar-refractivity contribution < 1.29 is 38.6 Å². The van der Waals surface area contributed by atoms with Gasteiger partial charge >= 0.3 is 5.97 Å². The molecule has 180 valence electrons. The zero-order valence-electron chi connectivity index (χ0n) is 18.8. The number of fused-ring (bicyclic) bond motifs is 3. The second-order valence-corrected chi connectivity index (χ2v) is 9.41. The molecule has 5 rings (SSSR count). The van der Waals surface area contributed by atoms with Gasteiger partial charge in [0, 0.05) is 29.2 Å². The molecule has 1 fully saturated rings. The zero-order valence-corrected chi connectivity index (χ0v) is 18.8. The minimum Gasteiger partial charge on any atom is -0.505 e. The zero-order chi connectivity index (χ0) is 25.2. The van der Waals surface area contributed by atoms with Crippen LogP contribution in [0.25, 0.3) is 0 Å². The molecule has 2 N–H and O–H groups in total. The molecule has 9 heteroatoms. The molecule has 0 spiro atoms. The monoisotopic (exact) mass is 479 g/mol. The number of carbonyl (C=O) groups excluding carboxylic acids is 4. The molecule has 35 heavy (non-hydrogen) atoms. The average Bonchev–Trinajstić information content (AvgIpc) is 3.06. The normalized spacial score (nSPS) is 27.9. The minimum absolute atomic E-state index is 0.0829. The Hall–Kier alpha value is -3.88. The van der Waals surface area contributed by atoms with E-state index in [9.17, 15) is 33.5 Å². The van der Waals surface area contributed by atoms with Crippen LogP contribution in [0.5, 0.6) is 5.75 Å². The average molecular weight is 479 g/mol. The third kappa shape index (κ3) is 3.45. The molecular weight excluding hydrogens is 457 g/mol. The van der Waals surface area contributed by atoms with Crippen LogP contribution < -0.4 is 0 Å². The quantitative estimate of drug-likeness (QED) is 0.386. The Morgan fingerprint density at radius 1 is 1.14 bits per heavy atom. The van der Waals surface area contributed by atoms with Gasteiger partial charge in [0.25, 0.3) is 0 Å². The van der Waals surface area contributed by atoms with Gasteiger partial charge in [-0.3, -0.25) is 28.9 Å². The summed E-state index contributed by atoms with van der Waals surface area (Å²) in [6.45, 7) is 1.30. The van der Waals surface area contributed by atoms with E-state index in [1.165, 1.54) is 25.1 Å². The van der Waals surface area contributed by atoms with Crippen molar-refractivity contribution in [1.82, 2.24) is 4.90 Å². The maximum atomic E-state index is 14.4. The summed E-state index contributed by atoms with van der Waals surface area (Å²) < 4.78 is 14.4. The molecular formula is C26H22FNO7. The van der Waals surface area contributed by atoms with Gasteiger partial charge in [0.15, 0.2) is 23.1 Å². The summed E-state index contributed by atoms with van der Waals surface area (Å²) in [4.78, 5) is 64.5. The number of likely N-dealkylation sites (tertiary alicyclic amines) is 1. The van der Waals surface area contributed by atoms with Crippen molar-refractivity contribution in [2.75, 3.05) is 6.54 Å². The molecule has 1 aromatic carbocycles. The number of nitrogens with zero attached hydrogens (tertiary/aromatic N) is 1. The molecule has 0 bridgehead atoms. The second kappa shape index (κ2) is 8.11. The predicted octanol–water partition coefficient (Wildman–Crippen LogP) is 2.44. The first-order valence-electron chi connectivity index (χ1n) is 11.4. The summed E-state index contributed by atoms with van der Waals surface area (Å²) in [5.41, 5.74) is 1.76. The van der Waals surface area contributed by atoms with Gasteiger partial charge < -0.3 is 10.2 Å².